The maximum Gasteiger partial charge on any atom is 0.332 e. The molecule has 0 radical (unpaired) electrons. The number of nitrogens with zero attached hydrogens (tertiary/aromatic N) is 6. The van der Waals surface area contributed by atoms with E-state index >= 15 is 0 Å². The second-order valence-electron chi connectivity index (χ2n) is 7.93. The number of hydrogen-bond donors (Lipinski definition) is 2. The number of aromatic hydroxyl groups is 1. The zero-order valence-corrected chi connectivity index (χ0v) is 18.3. The summed E-state index contributed by atoms with van der Waals surface area (Å²) in [5.74, 6) is 0.0259. The number of aryl methyl sites for hydroxylation is 2. The summed E-state index contributed by atoms with van der Waals surface area (Å²) in [5.41, 5.74) is 2.54. The summed E-state index contributed by atoms with van der Waals surface area (Å²) in [6, 6.07) is 15.2. The molecule has 5 rings (SSSR count). The minimum atomic E-state index is -0.481. The summed E-state index contributed by atoms with van der Waals surface area (Å²) in [6.07, 6.45) is 0. The van der Waals surface area contributed by atoms with Gasteiger partial charge >= 0.3 is 5.69 Å². The van der Waals surface area contributed by atoms with Gasteiger partial charge in [-0.1, -0.05) is 48.0 Å². The highest BCUT2D eigenvalue weighted by Crippen LogP contribution is 2.36. The maximum atomic E-state index is 13.0. The lowest BCUT2D eigenvalue weighted by Gasteiger charge is -2.08. The van der Waals surface area contributed by atoms with E-state index < -0.39 is 11.2 Å². The molecule has 0 aliphatic rings. The maximum absolute atomic E-state index is 13.0. The van der Waals surface area contributed by atoms with Crippen LogP contribution in [0, 0.1) is 6.92 Å². The topological polar surface area (TPSA) is 123 Å². The van der Waals surface area contributed by atoms with Crippen LogP contribution in [0.25, 0.3) is 22.1 Å². The number of hydrogen-bond acceptors (Lipinski definition) is 6. The Morgan fingerprint density at radius 2 is 1.73 bits per heavy atom. The van der Waals surface area contributed by atoms with Gasteiger partial charge in [-0.25, -0.2) is 4.79 Å². The first-order valence-electron chi connectivity index (χ1n) is 10.3. The van der Waals surface area contributed by atoms with Gasteiger partial charge in [0.2, 0.25) is 5.88 Å². The van der Waals surface area contributed by atoms with Crippen LogP contribution < -0.4 is 11.2 Å². The predicted octanol–water partition coefficient (Wildman–Crippen LogP) is 3.39. The minimum Gasteiger partial charge on any atom is -0.493 e. The third kappa shape index (κ3) is 3.32. The number of imidazole rings is 1. The Kier molecular flexibility index (Phi) is 4.70. The SMILES string of the molecule is Cc1ccc(Cn2c(N=Nc3c(O)[nH]c4ccccc34)nc3c2c(=O)n(C)c(=O)n3C)cc1. The van der Waals surface area contributed by atoms with Gasteiger partial charge in [0.15, 0.2) is 16.9 Å². The molecule has 0 spiro atoms. The van der Waals surface area contributed by atoms with Crippen molar-refractivity contribution in [1.82, 2.24) is 23.7 Å². The molecule has 0 fully saturated rings. The van der Waals surface area contributed by atoms with E-state index in [2.05, 4.69) is 20.2 Å². The monoisotopic (exact) mass is 443 g/mol. The lowest BCUT2D eigenvalue weighted by Crippen LogP contribution is -2.37. The summed E-state index contributed by atoms with van der Waals surface area (Å²) >= 11 is 0. The van der Waals surface area contributed by atoms with Crippen molar-refractivity contribution in [2.45, 2.75) is 13.5 Å². The fourth-order valence-corrected chi connectivity index (χ4v) is 3.85. The molecule has 10 heteroatoms. The molecule has 166 valence electrons. The van der Waals surface area contributed by atoms with Gasteiger partial charge in [-0.05, 0) is 18.6 Å². The Morgan fingerprint density at radius 3 is 2.48 bits per heavy atom. The van der Waals surface area contributed by atoms with Crippen LogP contribution in [0.5, 0.6) is 5.88 Å². The van der Waals surface area contributed by atoms with Crippen molar-refractivity contribution in [2.24, 2.45) is 24.3 Å². The van der Waals surface area contributed by atoms with E-state index in [-0.39, 0.29) is 28.7 Å². The van der Waals surface area contributed by atoms with Crippen LogP contribution in [0.2, 0.25) is 0 Å². The summed E-state index contributed by atoms with van der Waals surface area (Å²) in [4.78, 5) is 32.8. The van der Waals surface area contributed by atoms with Gasteiger partial charge in [0.25, 0.3) is 11.5 Å². The van der Waals surface area contributed by atoms with Crippen molar-refractivity contribution in [3.05, 3.63) is 80.5 Å². The number of benzene rings is 2. The molecule has 3 heterocycles. The van der Waals surface area contributed by atoms with E-state index in [1.54, 1.807) is 11.6 Å². The van der Waals surface area contributed by atoms with Gasteiger partial charge in [-0.3, -0.25) is 18.5 Å². The van der Waals surface area contributed by atoms with Gasteiger partial charge in [-0.15, -0.1) is 10.2 Å². The largest absolute Gasteiger partial charge is 0.493 e. The third-order valence-corrected chi connectivity index (χ3v) is 5.69. The van der Waals surface area contributed by atoms with E-state index in [1.807, 2.05) is 55.5 Å². The molecule has 0 unspecified atom stereocenters. The molecule has 33 heavy (non-hydrogen) atoms. The molecule has 10 nitrogen and oxygen atoms in total. The molecular weight excluding hydrogens is 422 g/mol. The van der Waals surface area contributed by atoms with Gasteiger partial charge in [0, 0.05) is 19.5 Å². The molecule has 0 aliphatic heterocycles. The molecule has 2 aromatic carbocycles. The fourth-order valence-electron chi connectivity index (χ4n) is 3.85. The highest BCUT2D eigenvalue weighted by atomic mass is 16.3. The number of H-pyrrole nitrogens is 1. The van der Waals surface area contributed by atoms with Crippen molar-refractivity contribution in [2.75, 3.05) is 0 Å². The number of azo groups is 1. The number of para-hydroxylation sites is 1. The van der Waals surface area contributed by atoms with Gasteiger partial charge < -0.3 is 10.1 Å². The molecular formula is C23H21N7O3. The number of nitrogens with one attached hydrogen (secondary N) is 1. The highest BCUT2D eigenvalue weighted by molar-refractivity contribution is 5.94. The quantitative estimate of drug-likeness (QED) is 0.413. The molecule has 0 saturated carbocycles. The Bertz CT molecular complexity index is 1670. The van der Waals surface area contributed by atoms with E-state index in [0.717, 1.165) is 15.7 Å². The van der Waals surface area contributed by atoms with E-state index in [4.69, 9.17) is 0 Å². The normalized spacial score (nSPS) is 11.8. The smallest absolute Gasteiger partial charge is 0.332 e. The first-order valence-corrected chi connectivity index (χ1v) is 10.3. The summed E-state index contributed by atoms with van der Waals surface area (Å²) in [7, 11) is 2.98. The van der Waals surface area contributed by atoms with Crippen LogP contribution in [0.3, 0.4) is 0 Å². The van der Waals surface area contributed by atoms with Crippen LogP contribution in [0.15, 0.2) is 68.3 Å². The molecule has 0 aliphatic carbocycles. The van der Waals surface area contributed by atoms with Crippen LogP contribution >= 0.6 is 0 Å². The predicted molar refractivity (Wildman–Crippen MR) is 125 cm³/mol. The summed E-state index contributed by atoms with van der Waals surface area (Å²) in [6.45, 7) is 2.30. The number of aromatic amines is 1. The molecule has 3 aromatic heterocycles. The third-order valence-electron chi connectivity index (χ3n) is 5.69. The minimum absolute atomic E-state index is 0.121. The van der Waals surface area contributed by atoms with Crippen LogP contribution in [-0.4, -0.2) is 28.8 Å². The fraction of sp³-hybridized carbons (Fsp3) is 0.174. The van der Waals surface area contributed by atoms with E-state index in [1.165, 1.54) is 11.6 Å². The lowest BCUT2D eigenvalue weighted by molar-refractivity contribution is 0.459. The molecule has 0 saturated heterocycles. The summed E-state index contributed by atoms with van der Waals surface area (Å²) in [5, 5.41) is 19.5. The van der Waals surface area contributed by atoms with Gasteiger partial charge in [-0.2, -0.15) is 4.98 Å². The average Bonchev–Trinajstić information content (AvgIpc) is 3.33. The van der Waals surface area contributed by atoms with Crippen molar-refractivity contribution in [3.63, 3.8) is 0 Å². The number of aromatic nitrogens is 5. The van der Waals surface area contributed by atoms with Crippen LogP contribution in [-0.2, 0) is 20.6 Å². The van der Waals surface area contributed by atoms with E-state index in [0.29, 0.717) is 17.4 Å². The Morgan fingerprint density at radius 1 is 1.00 bits per heavy atom. The molecule has 2 N–H and O–H groups in total. The van der Waals surface area contributed by atoms with Crippen LogP contribution in [0.1, 0.15) is 11.1 Å². The van der Waals surface area contributed by atoms with E-state index in [9.17, 15) is 14.7 Å². The second kappa shape index (κ2) is 7.59. The Hall–Kier alpha value is -4.47. The average molecular weight is 443 g/mol. The molecule has 0 atom stereocenters. The number of rotatable bonds is 4. The van der Waals surface area contributed by atoms with Crippen molar-refractivity contribution in [1.29, 1.82) is 0 Å². The van der Waals surface area contributed by atoms with Gasteiger partial charge in [0.05, 0.1) is 12.1 Å². The van der Waals surface area contributed by atoms with Crippen molar-refractivity contribution < 1.29 is 5.11 Å². The molecule has 0 amide bonds. The second-order valence-corrected chi connectivity index (χ2v) is 7.93. The zero-order chi connectivity index (χ0) is 23.3. The zero-order valence-electron chi connectivity index (χ0n) is 18.3. The number of fused-ring (bicyclic) bond motifs is 2. The first-order chi connectivity index (χ1) is 15.8. The van der Waals surface area contributed by atoms with Gasteiger partial charge in [0.1, 0.15) is 0 Å². The lowest BCUT2D eigenvalue weighted by atomic mass is 10.1. The van der Waals surface area contributed by atoms with Crippen LogP contribution in [0.4, 0.5) is 11.6 Å². The Labute approximate surface area is 187 Å². The summed E-state index contributed by atoms with van der Waals surface area (Å²) < 4.78 is 3.99. The van der Waals surface area contributed by atoms with Crippen molar-refractivity contribution in [3.8, 4) is 5.88 Å². The standard InChI is InChI=1S/C23H21N7O3/c1-13-8-10-14(11-9-13)12-30-18-19(28(2)23(33)29(3)21(18)32)25-22(30)27-26-17-15-6-4-5-7-16(15)24-20(17)31/h4-11,24,31H,12H2,1-3H3. The molecule has 0 bridgehead atoms. The first kappa shape index (κ1) is 20.4. The molecule has 5 aromatic rings. The van der Waals surface area contributed by atoms with Crippen molar-refractivity contribution >= 4 is 33.7 Å². The highest BCUT2D eigenvalue weighted by Gasteiger charge is 2.20. The Balaban J connectivity index is 1.73.